The number of amides is 1. The molecule has 0 aromatic heterocycles. The lowest BCUT2D eigenvalue weighted by Crippen LogP contribution is -2.46. The maximum atomic E-state index is 13.2. The smallest absolute Gasteiger partial charge is 0.254 e. The minimum atomic E-state index is -0.461. The summed E-state index contributed by atoms with van der Waals surface area (Å²) in [5, 5.41) is 0. The topological polar surface area (TPSA) is 20.3 Å². The number of nitrogens with zero attached hydrogens (tertiary/aromatic N) is 1. The molecule has 0 unspecified atom stereocenters. The van der Waals surface area contributed by atoms with Gasteiger partial charge in [0.1, 0.15) is 5.82 Å². The second-order valence-corrected chi connectivity index (χ2v) is 5.04. The second kappa shape index (κ2) is 5.05. The van der Waals surface area contributed by atoms with Crippen LogP contribution < -0.4 is 0 Å². The monoisotopic (exact) mass is 257 g/mol. The van der Waals surface area contributed by atoms with Crippen LogP contribution in [-0.2, 0) is 0 Å². The molecule has 0 saturated heterocycles. The van der Waals surface area contributed by atoms with Crippen LogP contribution in [0.15, 0.2) is 18.2 Å². The summed E-state index contributed by atoms with van der Waals surface area (Å²) in [6.07, 6.45) is 0. The largest absolute Gasteiger partial charge is 0.335 e. The van der Waals surface area contributed by atoms with Gasteiger partial charge in [-0.05, 0) is 38.5 Å². The predicted octanol–water partition coefficient (Wildman–Crippen LogP) is 3.22. The lowest BCUT2D eigenvalue weighted by atomic mass is 10.0. The molecular formula is C13H17ClFNO. The molecular weight excluding hydrogens is 241 g/mol. The third kappa shape index (κ3) is 2.97. The number of hydrogen-bond acceptors (Lipinski definition) is 1. The number of alkyl halides is 1. The van der Waals surface area contributed by atoms with E-state index in [9.17, 15) is 9.18 Å². The van der Waals surface area contributed by atoms with Gasteiger partial charge in [-0.3, -0.25) is 4.79 Å². The average molecular weight is 258 g/mol. The molecule has 0 aliphatic carbocycles. The fraction of sp³-hybridized carbons (Fsp3) is 0.462. The van der Waals surface area contributed by atoms with E-state index in [4.69, 9.17) is 11.6 Å². The van der Waals surface area contributed by atoms with E-state index in [0.717, 1.165) is 5.56 Å². The highest BCUT2D eigenvalue weighted by molar-refractivity contribution is 6.18. The Morgan fingerprint density at radius 2 is 2.06 bits per heavy atom. The Labute approximate surface area is 106 Å². The summed E-state index contributed by atoms with van der Waals surface area (Å²) >= 11 is 5.82. The van der Waals surface area contributed by atoms with E-state index in [1.54, 1.807) is 24.9 Å². The molecule has 0 heterocycles. The summed E-state index contributed by atoms with van der Waals surface area (Å²) in [5.74, 6) is -0.299. The Morgan fingerprint density at radius 3 is 2.59 bits per heavy atom. The van der Waals surface area contributed by atoms with Crippen LogP contribution in [0.1, 0.15) is 29.8 Å². The number of carbonyl (C=O) groups excluding carboxylic acids is 1. The van der Waals surface area contributed by atoms with Crippen molar-refractivity contribution in [2.24, 2.45) is 0 Å². The number of hydrogen-bond donors (Lipinski definition) is 0. The molecule has 2 nitrogen and oxygen atoms in total. The fourth-order valence-electron chi connectivity index (χ4n) is 1.37. The maximum Gasteiger partial charge on any atom is 0.254 e. The minimum absolute atomic E-state index is 0.215. The number of rotatable bonds is 3. The SMILES string of the molecule is Cc1ccc(F)cc1C(=O)N(C)C(C)(C)CCl. The van der Waals surface area contributed by atoms with Crippen LogP contribution in [0.4, 0.5) is 4.39 Å². The van der Waals surface area contributed by atoms with Gasteiger partial charge >= 0.3 is 0 Å². The molecule has 0 aliphatic heterocycles. The Balaban J connectivity index is 3.08. The molecule has 0 aliphatic rings. The van der Waals surface area contributed by atoms with Crippen molar-refractivity contribution in [3.8, 4) is 0 Å². The molecule has 0 N–H and O–H groups in total. The molecule has 4 heteroatoms. The van der Waals surface area contributed by atoms with Crippen molar-refractivity contribution in [2.45, 2.75) is 26.3 Å². The van der Waals surface area contributed by atoms with E-state index in [1.807, 2.05) is 13.8 Å². The second-order valence-electron chi connectivity index (χ2n) is 4.77. The number of halogens is 2. The van der Waals surface area contributed by atoms with Crippen LogP contribution in [0.2, 0.25) is 0 Å². The Kier molecular flexibility index (Phi) is 4.15. The molecule has 0 fully saturated rings. The van der Waals surface area contributed by atoms with Crippen molar-refractivity contribution in [2.75, 3.05) is 12.9 Å². The molecule has 1 rings (SSSR count). The minimum Gasteiger partial charge on any atom is -0.335 e. The van der Waals surface area contributed by atoms with Crippen LogP contribution in [0, 0.1) is 12.7 Å². The standard InChI is InChI=1S/C13H17ClFNO/c1-9-5-6-10(15)7-11(9)12(17)16(4)13(2,3)8-14/h5-7H,8H2,1-4H3. The highest BCUT2D eigenvalue weighted by Gasteiger charge is 2.28. The van der Waals surface area contributed by atoms with Gasteiger partial charge in [0.05, 0.1) is 5.54 Å². The van der Waals surface area contributed by atoms with Gasteiger partial charge < -0.3 is 4.90 Å². The summed E-state index contributed by atoms with van der Waals surface area (Å²) < 4.78 is 13.2. The molecule has 0 spiro atoms. The molecule has 0 atom stereocenters. The zero-order chi connectivity index (χ0) is 13.2. The van der Waals surface area contributed by atoms with Crippen molar-refractivity contribution in [3.63, 3.8) is 0 Å². The summed E-state index contributed by atoms with van der Waals surface area (Å²) in [4.78, 5) is 13.8. The average Bonchev–Trinajstić information content (AvgIpc) is 2.30. The van der Waals surface area contributed by atoms with Crippen LogP contribution in [-0.4, -0.2) is 29.3 Å². The Morgan fingerprint density at radius 1 is 1.47 bits per heavy atom. The lowest BCUT2D eigenvalue weighted by molar-refractivity contribution is 0.0659. The number of benzene rings is 1. The first-order valence-corrected chi connectivity index (χ1v) is 5.93. The molecule has 17 heavy (non-hydrogen) atoms. The number of aryl methyl sites for hydroxylation is 1. The van der Waals surface area contributed by atoms with Gasteiger partial charge in [0.25, 0.3) is 5.91 Å². The number of carbonyl (C=O) groups is 1. The third-order valence-corrected chi connectivity index (χ3v) is 3.62. The first kappa shape index (κ1) is 14.0. The molecule has 1 aromatic carbocycles. The van der Waals surface area contributed by atoms with Gasteiger partial charge in [-0.1, -0.05) is 6.07 Å². The zero-order valence-corrected chi connectivity index (χ0v) is 11.3. The van der Waals surface area contributed by atoms with Crippen molar-refractivity contribution < 1.29 is 9.18 Å². The van der Waals surface area contributed by atoms with Crippen LogP contribution in [0.3, 0.4) is 0 Å². The fourth-order valence-corrected chi connectivity index (χ4v) is 1.55. The predicted molar refractivity (Wildman–Crippen MR) is 68.0 cm³/mol. The first-order valence-electron chi connectivity index (χ1n) is 5.40. The lowest BCUT2D eigenvalue weighted by Gasteiger charge is -2.34. The van der Waals surface area contributed by atoms with Crippen molar-refractivity contribution in [1.82, 2.24) is 4.90 Å². The van der Waals surface area contributed by atoms with E-state index in [-0.39, 0.29) is 5.91 Å². The van der Waals surface area contributed by atoms with E-state index in [0.29, 0.717) is 11.4 Å². The van der Waals surface area contributed by atoms with Gasteiger partial charge in [0.2, 0.25) is 0 Å². The van der Waals surface area contributed by atoms with Gasteiger partial charge in [-0.15, -0.1) is 11.6 Å². The summed E-state index contributed by atoms with van der Waals surface area (Å²) in [6.45, 7) is 5.52. The van der Waals surface area contributed by atoms with Gasteiger partial charge in [-0.2, -0.15) is 0 Å². The zero-order valence-electron chi connectivity index (χ0n) is 10.6. The molecule has 0 bridgehead atoms. The highest BCUT2D eigenvalue weighted by Crippen LogP contribution is 2.19. The van der Waals surface area contributed by atoms with Gasteiger partial charge in [-0.25, -0.2) is 4.39 Å². The quantitative estimate of drug-likeness (QED) is 0.762. The van der Waals surface area contributed by atoms with Crippen LogP contribution in [0.5, 0.6) is 0 Å². The van der Waals surface area contributed by atoms with Crippen molar-refractivity contribution in [1.29, 1.82) is 0 Å². The summed E-state index contributed by atoms with van der Waals surface area (Å²) in [6, 6.07) is 4.21. The molecule has 1 amide bonds. The summed E-state index contributed by atoms with van der Waals surface area (Å²) in [5.41, 5.74) is 0.677. The van der Waals surface area contributed by atoms with Crippen LogP contribution >= 0.6 is 11.6 Å². The van der Waals surface area contributed by atoms with E-state index in [2.05, 4.69) is 0 Å². The van der Waals surface area contributed by atoms with Gasteiger partial charge in [0, 0.05) is 18.5 Å². The maximum absolute atomic E-state index is 13.2. The van der Waals surface area contributed by atoms with Crippen molar-refractivity contribution >= 4 is 17.5 Å². The van der Waals surface area contributed by atoms with Crippen LogP contribution in [0.25, 0.3) is 0 Å². The Hall–Kier alpha value is -1.09. The third-order valence-electron chi connectivity index (χ3n) is 2.97. The van der Waals surface area contributed by atoms with E-state index >= 15 is 0 Å². The van der Waals surface area contributed by atoms with E-state index in [1.165, 1.54) is 12.1 Å². The molecule has 1 aromatic rings. The molecule has 0 radical (unpaired) electrons. The highest BCUT2D eigenvalue weighted by atomic mass is 35.5. The normalized spacial score (nSPS) is 11.4. The molecule has 94 valence electrons. The Bertz CT molecular complexity index is 431. The summed E-state index contributed by atoms with van der Waals surface area (Å²) in [7, 11) is 1.68. The molecule has 0 saturated carbocycles. The van der Waals surface area contributed by atoms with E-state index < -0.39 is 11.4 Å². The van der Waals surface area contributed by atoms with Crippen molar-refractivity contribution in [3.05, 3.63) is 35.1 Å². The van der Waals surface area contributed by atoms with Gasteiger partial charge in [0.15, 0.2) is 0 Å². The first-order chi connectivity index (χ1) is 7.79.